The number of aromatic amines is 1. The summed E-state index contributed by atoms with van der Waals surface area (Å²) in [6, 6.07) is 1.39. The first kappa shape index (κ1) is 48.9. The molecule has 0 aliphatic heterocycles. The van der Waals surface area contributed by atoms with Crippen LogP contribution in [-0.4, -0.2) is 139 Å². The van der Waals surface area contributed by atoms with Gasteiger partial charge in [-0.25, -0.2) is 14.8 Å². The van der Waals surface area contributed by atoms with E-state index in [1.165, 1.54) is 30.5 Å². The van der Waals surface area contributed by atoms with Crippen LogP contribution in [0.1, 0.15) is 48.2 Å². The molecule has 1 aromatic carbocycles. The summed E-state index contributed by atoms with van der Waals surface area (Å²) < 4.78 is 0. The van der Waals surface area contributed by atoms with Gasteiger partial charge in [-0.05, 0) is 43.5 Å². The molecule has 3 rings (SSSR count). The second-order valence-electron chi connectivity index (χ2n) is 13.2. The minimum Gasteiger partial charge on any atom is -0.481 e. The number of aromatic nitrogens is 4. The number of fused-ring (bicyclic) bond motifs is 1. The molecule has 0 bridgehead atoms. The van der Waals surface area contributed by atoms with Gasteiger partial charge in [-0.2, -0.15) is 4.98 Å². The summed E-state index contributed by atoms with van der Waals surface area (Å²) in [5.41, 5.74) is 16.7. The standard InChI is InChI=1S/C35H45N15O13/c36-34(37)39-9-1-2-19(30(59)43-14-24(53)47-21(10-25(54)55)31(60)44-15-26(56)57)46-23(52)13-41-22(51)8-7-20(33(62)63)48-29(58)16-3-5-17(6-4-16)40-11-18-12-42-28-27(45-18)32(61)50-35(38)49-28/h3-6,12,19-21,40H,1-2,7-11,13-15H2,(H,41,51)(H,43,59)(H,44,60)(H,46,52)(H,47,53)(H,48,58)(H,54,55)(H,56,57)(H,62,63)(H4,36,37,39)(H3,38,42,49,50,61)/t19-,20-,21-/m1/s1. The van der Waals surface area contributed by atoms with E-state index >= 15 is 0 Å². The van der Waals surface area contributed by atoms with Crippen molar-refractivity contribution in [1.82, 2.24) is 51.8 Å². The summed E-state index contributed by atoms with van der Waals surface area (Å²) in [6.45, 7) is -2.15. The van der Waals surface area contributed by atoms with Gasteiger partial charge in [0.15, 0.2) is 17.1 Å². The van der Waals surface area contributed by atoms with Crippen molar-refractivity contribution in [2.24, 2.45) is 16.5 Å². The average Bonchev–Trinajstić information content (AvgIpc) is 3.22. The third-order valence-corrected chi connectivity index (χ3v) is 8.28. The van der Waals surface area contributed by atoms with Crippen molar-refractivity contribution in [3.05, 3.63) is 52.1 Å². The lowest BCUT2D eigenvalue weighted by Gasteiger charge is -2.20. The van der Waals surface area contributed by atoms with Crippen molar-refractivity contribution in [2.75, 3.05) is 37.2 Å². The number of carboxylic acids is 3. The second kappa shape index (κ2) is 24.0. The molecule has 28 nitrogen and oxygen atoms in total. The Kier molecular flexibility index (Phi) is 18.6. The number of hydrogen-bond acceptors (Lipinski definition) is 16. The Hall–Kier alpha value is -8.46. The van der Waals surface area contributed by atoms with E-state index in [1.54, 1.807) is 0 Å². The fourth-order valence-corrected chi connectivity index (χ4v) is 5.25. The van der Waals surface area contributed by atoms with E-state index in [4.69, 9.17) is 27.4 Å². The number of anilines is 2. The van der Waals surface area contributed by atoms with E-state index in [9.17, 15) is 53.1 Å². The van der Waals surface area contributed by atoms with Gasteiger partial charge in [-0.3, -0.25) is 53.1 Å². The number of aliphatic carboxylic acids is 3. The first-order valence-corrected chi connectivity index (χ1v) is 18.6. The highest BCUT2D eigenvalue weighted by Crippen LogP contribution is 2.12. The fraction of sp³-hybridized carbons (Fsp3) is 0.371. The number of carbonyl (C=O) groups excluding carboxylic acids is 6. The van der Waals surface area contributed by atoms with Crippen molar-refractivity contribution in [3.8, 4) is 0 Å². The van der Waals surface area contributed by atoms with Gasteiger partial charge in [0.25, 0.3) is 11.5 Å². The highest BCUT2D eigenvalue weighted by Gasteiger charge is 2.26. The number of amides is 6. The highest BCUT2D eigenvalue weighted by atomic mass is 16.4. The minimum atomic E-state index is -1.69. The van der Waals surface area contributed by atoms with E-state index in [0.29, 0.717) is 11.4 Å². The molecule has 17 N–H and O–H groups in total. The maximum absolute atomic E-state index is 13.0. The molecule has 0 spiro atoms. The van der Waals surface area contributed by atoms with Gasteiger partial charge in [0.2, 0.25) is 35.5 Å². The number of H-pyrrole nitrogens is 1. The van der Waals surface area contributed by atoms with Crippen LogP contribution in [0.4, 0.5) is 11.6 Å². The molecule has 0 fully saturated rings. The Labute approximate surface area is 354 Å². The Morgan fingerprint density at radius 1 is 0.746 bits per heavy atom. The van der Waals surface area contributed by atoms with Gasteiger partial charge in [0, 0.05) is 24.2 Å². The van der Waals surface area contributed by atoms with E-state index in [0.717, 1.165) is 0 Å². The van der Waals surface area contributed by atoms with E-state index in [2.05, 4.69) is 56.8 Å². The van der Waals surface area contributed by atoms with Gasteiger partial charge < -0.3 is 69.7 Å². The van der Waals surface area contributed by atoms with Crippen LogP contribution in [-0.2, 0) is 44.9 Å². The maximum Gasteiger partial charge on any atom is 0.326 e. The molecule has 0 saturated heterocycles. The topological polar surface area (TPSA) is 460 Å². The van der Waals surface area contributed by atoms with Crippen molar-refractivity contribution < 1.29 is 58.5 Å². The minimum absolute atomic E-state index is 0.00412. The Morgan fingerprint density at radius 2 is 1.38 bits per heavy atom. The number of carboxylic acid groups (broad SMARTS) is 3. The molecule has 2 heterocycles. The predicted molar refractivity (Wildman–Crippen MR) is 217 cm³/mol. The van der Waals surface area contributed by atoms with E-state index in [-0.39, 0.29) is 61.0 Å². The molecule has 3 atom stereocenters. The number of rotatable bonds is 25. The van der Waals surface area contributed by atoms with Crippen molar-refractivity contribution in [1.29, 1.82) is 0 Å². The average molecular weight is 884 g/mol. The number of hydrogen-bond donors (Lipinski definition) is 14. The first-order valence-electron chi connectivity index (χ1n) is 18.6. The second-order valence-corrected chi connectivity index (χ2v) is 13.2. The zero-order valence-corrected chi connectivity index (χ0v) is 33.1. The van der Waals surface area contributed by atoms with Crippen LogP contribution in [0.25, 0.3) is 11.2 Å². The van der Waals surface area contributed by atoms with Crippen molar-refractivity contribution in [2.45, 2.75) is 56.8 Å². The van der Waals surface area contributed by atoms with Crippen LogP contribution in [0.3, 0.4) is 0 Å². The molecule has 338 valence electrons. The summed E-state index contributed by atoms with van der Waals surface area (Å²) in [7, 11) is 0. The number of carbonyl (C=O) groups is 9. The quantitative estimate of drug-likeness (QED) is 0.0215. The summed E-state index contributed by atoms with van der Waals surface area (Å²) in [5.74, 6) is -10.2. The van der Waals surface area contributed by atoms with Crippen LogP contribution in [0.5, 0.6) is 0 Å². The number of nitrogens with zero attached hydrogens (tertiary/aromatic N) is 4. The van der Waals surface area contributed by atoms with Crippen LogP contribution >= 0.6 is 0 Å². The smallest absolute Gasteiger partial charge is 0.326 e. The molecule has 28 heteroatoms. The molecule has 6 amide bonds. The van der Waals surface area contributed by atoms with Crippen molar-refractivity contribution >= 4 is 82.1 Å². The van der Waals surface area contributed by atoms with Crippen LogP contribution < -0.4 is 60.0 Å². The highest BCUT2D eigenvalue weighted by molar-refractivity contribution is 5.97. The van der Waals surface area contributed by atoms with Gasteiger partial charge >= 0.3 is 17.9 Å². The number of benzene rings is 1. The lowest BCUT2D eigenvalue weighted by Crippen LogP contribution is -2.53. The molecule has 3 aromatic rings. The predicted octanol–water partition coefficient (Wildman–Crippen LogP) is -5.20. The molecule has 63 heavy (non-hydrogen) atoms. The molecule has 0 aliphatic carbocycles. The van der Waals surface area contributed by atoms with E-state index < -0.39 is 110 Å². The number of nitrogen functional groups attached to an aromatic ring is 1. The summed E-state index contributed by atoms with van der Waals surface area (Å²) in [4.78, 5) is 140. The zero-order chi connectivity index (χ0) is 46.6. The third kappa shape index (κ3) is 17.3. The number of nitrogens with two attached hydrogens (primary N) is 3. The van der Waals surface area contributed by atoms with Crippen LogP contribution in [0.15, 0.2) is 40.2 Å². The monoisotopic (exact) mass is 883 g/mol. The third-order valence-electron chi connectivity index (χ3n) is 8.28. The number of guanidine groups is 1. The molecule has 0 unspecified atom stereocenters. The Morgan fingerprint density at radius 3 is 2.02 bits per heavy atom. The normalized spacial score (nSPS) is 12.0. The molecule has 2 aromatic heterocycles. The number of aliphatic imine (C=N–C) groups is 1. The Balaban J connectivity index is 1.49. The molecule has 0 radical (unpaired) electrons. The maximum atomic E-state index is 13.0. The molecular weight excluding hydrogens is 838 g/mol. The van der Waals surface area contributed by atoms with E-state index in [1.807, 2.05) is 5.32 Å². The molecule has 0 saturated carbocycles. The summed E-state index contributed by atoms with van der Waals surface area (Å²) in [5, 5.41) is 43.8. The van der Waals surface area contributed by atoms with Crippen molar-refractivity contribution in [3.63, 3.8) is 0 Å². The summed E-state index contributed by atoms with van der Waals surface area (Å²) in [6.07, 6.45) is -0.270. The van der Waals surface area contributed by atoms with Gasteiger partial charge in [-0.15, -0.1) is 0 Å². The fourth-order valence-electron chi connectivity index (χ4n) is 5.25. The first-order chi connectivity index (χ1) is 29.8. The lowest BCUT2D eigenvalue weighted by molar-refractivity contribution is -0.141. The van der Waals surface area contributed by atoms with Gasteiger partial charge in [-0.1, -0.05) is 0 Å². The number of nitrogens with one attached hydrogen (secondary N) is 8. The lowest BCUT2D eigenvalue weighted by atomic mass is 10.1. The van der Waals surface area contributed by atoms with Gasteiger partial charge in [0.05, 0.1) is 37.9 Å². The summed E-state index contributed by atoms with van der Waals surface area (Å²) >= 11 is 0. The zero-order valence-electron chi connectivity index (χ0n) is 33.1. The SMILES string of the molecule is NC(N)=NCCC[C@@H](NC(=O)CNC(=O)CC[C@@H](NC(=O)c1ccc(NCc2cnc3nc(N)[nH]c(=O)c3n2)cc1)C(=O)O)C(=O)NCC(=O)N[C@H](CC(=O)O)C(=O)NCC(=O)O. The molecule has 0 aliphatic rings. The largest absolute Gasteiger partial charge is 0.481 e. The van der Waals surface area contributed by atoms with Crippen LogP contribution in [0, 0.1) is 0 Å². The molecular formula is C35H45N15O13. The van der Waals surface area contributed by atoms with Crippen LogP contribution in [0.2, 0.25) is 0 Å². The Bertz CT molecular complexity index is 2280. The van der Waals surface area contributed by atoms with Gasteiger partial charge in [0.1, 0.15) is 24.7 Å².